The Morgan fingerprint density at radius 2 is 1.62 bits per heavy atom. The van der Waals surface area contributed by atoms with Crippen molar-refractivity contribution < 1.29 is 28.6 Å². The third-order valence-corrected chi connectivity index (χ3v) is 2.56. The number of methoxy groups -OCH3 is 3. The van der Waals surface area contributed by atoms with Crippen molar-refractivity contribution in [2.45, 2.75) is 25.3 Å². The number of carbonyl (C=O) groups excluding carboxylic acids is 3. The fourth-order valence-corrected chi connectivity index (χ4v) is 1.47. The first kappa shape index (κ1) is 19.0. The minimum atomic E-state index is -0.717. The van der Waals surface area contributed by atoms with Crippen LogP contribution in [0.3, 0.4) is 0 Å². The van der Waals surface area contributed by atoms with Crippen molar-refractivity contribution in [3.8, 4) is 0 Å². The first-order valence-corrected chi connectivity index (χ1v) is 6.48. The van der Waals surface area contributed by atoms with Crippen LogP contribution in [0.4, 0.5) is 9.59 Å². The highest BCUT2D eigenvalue weighted by atomic mass is 16.5. The molecule has 9 nitrogen and oxygen atoms in total. The topological polar surface area (TPSA) is 115 Å². The monoisotopic (exact) mass is 305 g/mol. The Labute approximate surface area is 123 Å². The standard InChI is InChI=1S/C12H23N3O6/c1-19-8-14-10(16)9(15-12(18)21-3)6-4-5-7-13-11(17)20-2/h9H,4-8H2,1-3H3,(H,13,17)(H,14,16)(H,15,18). The lowest BCUT2D eigenvalue weighted by atomic mass is 10.1. The highest BCUT2D eigenvalue weighted by molar-refractivity contribution is 5.85. The van der Waals surface area contributed by atoms with Crippen molar-refractivity contribution in [3.05, 3.63) is 0 Å². The van der Waals surface area contributed by atoms with Crippen LogP contribution < -0.4 is 16.0 Å². The number of unbranched alkanes of at least 4 members (excludes halogenated alkanes) is 1. The van der Waals surface area contributed by atoms with Crippen LogP contribution in [0.15, 0.2) is 0 Å². The predicted molar refractivity (Wildman–Crippen MR) is 73.6 cm³/mol. The van der Waals surface area contributed by atoms with Gasteiger partial charge in [0, 0.05) is 13.7 Å². The quantitative estimate of drug-likeness (QED) is 0.406. The zero-order valence-corrected chi connectivity index (χ0v) is 12.6. The Morgan fingerprint density at radius 3 is 2.19 bits per heavy atom. The molecule has 1 atom stereocenters. The number of ether oxygens (including phenoxy) is 3. The van der Waals surface area contributed by atoms with E-state index in [1.807, 2.05) is 0 Å². The summed E-state index contributed by atoms with van der Waals surface area (Å²) < 4.78 is 13.6. The minimum absolute atomic E-state index is 0.0576. The van der Waals surface area contributed by atoms with Crippen LogP contribution >= 0.6 is 0 Å². The third kappa shape index (κ3) is 9.50. The number of amides is 3. The van der Waals surface area contributed by atoms with Crippen molar-refractivity contribution >= 4 is 18.1 Å². The van der Waals surface area contributed by atoms with Gasteiger partial charge in [-0.05, 0) is 19.3 Å². The maximum absolute atomic E-state index is 11.8. The smallest absolute Gasteiger partial charge is 0.407 e. The van der Waals surface area contributed by atoms with Crippen LogP contribution in [0, 0.1) is 0 Å². The summed E-state index contributed by atoms with van der Waals surface area (Å²) in [4.78, 5) is 33.9. The molecule has 0 bridgehead atoms. The highest BCUT2D eigenvalue weighted by Crippen LogP contribution is 2.02. The number of alkyl carbamates (subject to hydrolysis) is 2. The second kappa shape index (κ2) is 11.8. The molecule has 0 aromatic carbocycles. The first-order chi connectivity index (χ1) is 10.0. The van der Waals surface area contributed by atoms with Gasteiger partial charge in [0.15, 0.2) is 0 Å². The molecule has 3 N–H and O–H groups in total. The lowest BCUT2D eigenvalue weighted by molar-refractivity contribution is -0.124. The third-order valence-electron chi connectivity index (χ3n) is 2.56. The van der Waals surface area contributed by atoms with Gasteiger partial charge in [-0.3, -0.25) is 4.79 Å². The van der Waals surface area contributed by atoms with Crippen LogP contribution in [-0.4, -0.2) is 58.7 Å². The Kier molecular flexibility index (Phi) is 10.6. The molecule has 0 aliphatic heterocycles. The maximum Gasteiger partial charge on any atom is 0.407 e. The van der Waals surface area contributed by atoms with Crippen LogP contribution in [0.2, 0.25) is 0 Å². The molecule has 0 aliphatic rings. The molecular weight excluding hydrogens is 282 g/mol. The van der Waals surface area contributed by atoms with Gasteiger partial charge in [-0.1, -0.05) is 0 Å². The van der Waals surface area contributed by atoms with E-state index in [2.05, 4.69) is 25.4 Å². The summed E-state index contributed by atoms with van der Waals surface area (Å²) in [6, 6.07) is -0.717. The van der Waals surface area contributed by atoms with Crippen LogP contribution in [-0.2, 0) is 19.0 Å². The number of rotatable bonds is 9. The maximum atomic E-state index is 11.8. The summed E-state index contributed by atoms with van der Waals surface area (Å²) in [7, 11) is 3.95. The van der Waals surface area contributed by atoms with Gasteiger partial charge in [0.1, 0.15) is 12.8 Å². The van der Waals surface area contributed by atoms with Gasteiger partial charge in [-0.2, -0.15) is 0 Å². The molecule has 0 saturated heterocycles. The predicted octanol–water partition coefficient (Wildman–Crippen LogP) is -0.0426. The molecule has 0 heterocycles. The van der Waals surface area contributed by atoms with Crippen LogP contribution in [0.1, 0.15) is 19.3 Å². The van der Waals surface area contributed by atoms with Gasteiger partial charge >= 0.3 is 12.2 Å². The van der Waals surface area contributed by atoms with Crippen molar-refractivity contribution in [2.75, 3.05) is 34.6 Å². The Balaban J connectivity index is 4.12. The molecule has 0 aliphatic carbocycles. The van der Waals surface area contributed by atoms with Gasteiger partial charge in [0.2, 0.25) is 5.91 Å². The van der Waals surface area contributed by atoms with Gasteiger partial charge in [0.05, 0.1) is 14.2 Å². The second-order valence-corrected chi connectivity index (χ2v) is 4.08. The van der Waals surface area contributed by atoms with Gasteiger partial charge in [0.25, 0.3) is 0 Å². The molecular formula is C12H23N3O6. The fraction of sp³-hybridized carbons (Fsp3) is 0.750. The number of hydrogen-bond donors (Lipinski definition) is 3. The van der Waals surface area contributed by atoms with Gasteiger partial charge in [-0.25, -0.2) is 9.59 Å². The average Bonchev–Trinajstić information content (AvgIpc) is 2.50. The SMILES string of the molecule is COCNC(=O)C(CCCCNC(=O)OC)NC(=O)OC. The molecule has 0 aromatic rings. The number of nitrogens with one attached hydrogen (secondary N) is 3. The van der Waals surface area contributed by atoms with E-state index in [-0.39, 0.29) is 12.6 Å². The number of carbonyl (C=O) groups is 3. The van der Waals surface area contributed by atoms with E-state index < -0.39 is 18.2 Å². The summed E-state index contributed by atoms with van der Waals surface area (Å²) in [6.07, 6.45) is 0.496. The van der Waals surface area contributed by atoms with E-state index in [1.165, 1.54) is 21.3 Å². The second-order valence-electron chi connectivity index (χ2n) is 4.08. The lowest BCUT2D eigenvalue weighted by Crippen LogP contribution is -2.47. The van der Waals surface area contributed by atoms with Gasteiger partial charge < -0.3 is 30.2 Å². The molecule has 3 amide bonds. The molecule has 0 fully saturated rings. The van der Waals surface area contributed by atoms with E-state index in [0.29, 0.717) is 25.8 Å². The molecule has 0 spiro atoms. The van der Waals surface area contributed by atoms with Crippen molar-refractivity contribution in [1.82, 2.24) is 16.0 Å². The Morgan fingerprint density at radius 1 is 0.952 bits per heavy atom. The molecule has 9 heteroatoms. The largest absolute Gasteiger partial charge is 0.453 e. The zero-order chi connectivity index (χ0) is 16.1. The molecule has 0 saturated carbocycles. The van der Waals surface area contributed by atoms with Crippen molar-refractivity contribution in [2.24, 2.45) is 0 Å². The first-order valence-electron chi connectivity index (χ1n) is 6.48. The summed E-state index contributed by atoms with van der Waals surface area (Å²) in [6.45, 7) is 0.486. The summed E-state index contributed by atoms with van der Waals surface area (Å²) in [5, 5.41) is 7.48. The highest BCUT2D eigenvalue weighted by Gasteiger charge is 2.20. The average molecular weight is 305 g/mol. The van der Waals surface area contributed by atoms with E-state index >= 15 is 0 Å². The number of hydrogen-bond acceptors (Lipinski definition) is 6. The zero-order valence-electron chi connectivity index (χ0n) is 12.6. The Hall–Kier alpha value is -2.03. The molecule has 0 aromatic heterocycles. The van der Waals surface area contributed by atoms with Crippen molar-refractivity contribution in [1.29, 1.82) is 0 Å². The van der Waals surface area contributed by atoms with E-state index in [0.717, 1.165) is 0 Å². The van der Waals surface area contributed by atoms with Gasteiger partial charge in [-0.15, -0.1) is 0 Å². The summed E-state index contributed by atoms with van der Waals surface area (Å²) >= 11 is 0. The van der Waals surface area contributed by atoms with Crippen LogP contribution in [0.5, 0.6) is 0 Å². The van der Waals surface area contributed by atoms with E-state index in [4.69, 9.17) is 4.74 Å². The minimum Gasteiger partial charge on any atom is -0.453 e. The Bertz CT molecular complexity index is 337. The summed E-state index contributed by atoms with van der Waals surface area (Å²) in [5.41, 5.74) is 0. The van der Waals surface area contributed by atoms with E-state index in [9.17, 15) is 14.4 Å². The molecule has 122 valence electrons. The lowest BCUT2D eigenvalue weighted by Gasteiger charge is -2.17. The van der Waals surface area contributed by atoms with Crippen LogP contribution in [0.25, 0.3) is 0 Å². The molecule has 0 radical (unpaired) electrons. The summed E-state index contributed by atoms with van der Waals surface area (Å²) in [5.74, 6) is -0.358. The molecule has 21 heavy (non-hydrogen) atoms. The fourth-order valence-electron chi connectivity index (χ4n) is 1.47. The molecule has 0 rings (SSSR count). The molecule has 1 unspecified atom stereocenters. The van der Waals surface area contributed by atoms with Crippen molar-refractivity contribution in [3.63, 3.8) is 0 Å². The van der Waals surface area contributed by atoms with E-state index in [1.54, 1.807) is 0 Å². The normalized spacial score (nSPS) is 11.2.